The normalized spacial score (nSPS) is 11.3. The third kappa shape index (κ3) is 4.71. The number of alkyl carbamates (subject to hydrolysis) is 1. The summed E-state index contributed by atoms with van der Waals surface area (Å²) in [5.41, 5.74) is 5.04. The van der Waals surface area contributed by atoms with Gasteiger partial charge in [0.15, 0.2) is 5.82 Å². The van der Waals surface area contributed by atoms with Gasteiger partial charge in [-0.05, 0) is 20.8 Å². The maximum absolute atomic E-state index is 11.3. The van der Waals surface area contributed by atoms with E-state index in [1.165, 1.54) is 4.68 Å². The average molecular weight is 241 g/mol. The summed E-state index contributed by atoms with van der Waals surface area (Å²) in [6.45, 7) is 5.85. The molecule has 1 rings (SSSR count). The van der Waals surface area contributed by atoms with E-state index in [4.69, 9.17) is 10.5 Å². The molecule has 1 amide bonds. The van der Waals surface area contributed by atoms with Gasteiger partial charge in [0.1, 0.15) is 5.60 Å². The van der Waals surface area contributed by atoms with Crippen LogP contribution in [0.15, 0.2) is 0 Å². The summed E-state index contributed by atoms with van der Waals surface area (Å²) in [5, 5.41) is 6.70. The van der Waals surface area contributed by atoms with Gasteiger partial charge in [-0.15, -0.1) is 0 Å². The molecule has 0 saturated carbocycles. The zero-order valence-electron chi connectivity index (χ0n) is 10.6. The van der Waals surface area contributed by atoms with Gasteiger partial charge in [-0.1, -0.05) is 0 Å². The van der Waals surface area contributed by atoms with Crippen LogP contribution in [0.1, 0.15) is 26.6 Å². The number of ether oxygens (including phenoxy) is 1. The van der Waals surface area contributed by atoms with Crippen LogP contribution in [-0.4, -0.2) is 33.0 Å². The van der Waals surface area contributed by atoms with Crippen molar-refractivity contribution in [1.82, 2.24) is 20.1 Å². The van der Waals surface area contributed by atoms with E-state index >= 15 is 0 Å². The minimum atomic E-state index is -0.488. The van der Waals surface area contributed by atoms with Crippen LogP contribution in [-0.2, 0) is 18.2 Å². The van der Waals surface area contributed by atoms with Gasteiger partial charge in [-0.2, -0.15) is 10.1 Å². The fourth-order valence-electron chi connectivity index (χ4n) is 1.15. The van der Waals surface area contributed by atoms with Crippen LogP contribution in [0, 0.1) is 0 Å². The van der Waals surface area contributed by atoms with Gasteiger partial charge in [-0.25, -0.2) is 9.48 Å². The molecule has 1 heterocycles. The van der Waals surface area contributed by atoms with Crippen molar-refractivity contribution in [2.24, 2.45) is 7.05 Å². The minimum Gasteiger partial charge on any atom is -0.444 e. The maximum atomic E-state index is 11.3. The van der Waals surface area contributed by atoms with Gasteiger partial charge >= 0.3 is 6.09 Å². The first-order chi connectivity index (χ1) is 7.78. The predicted octanol–water partition coefficient (Wildman–Crippen LogP) is 0.464. The summed E-state index contributed by atoms with van der Waals surface area (Å²) in [6, 6.07) is 0. The molecular formula is C10H19N5O2. The molecule has 1 aromatic rings. The number of carbonyl (C=O) groups is 1. The molecule has 17 heavy (non-hydrogen) atoms. The number of amides is 1. The number of nitrogens with two attached hydrogens (primary N) is 1. The number of rotatable bonds is 3. The second kappa shape index (κ2) is 5.03. The molecule has 96 valence electrons. The Morgan fingerprint density at radius 1 is 1.53 bits per heavy atom. The zero-order chi connectivity index (χ0) is 13.1. The summed E-state index contributed by atoms with van der Waals surface area (Å²) < 4.78 is 6.57. The Labute approximate surface area is 100 Å². The summed E-state index contributed by atoms with van der Waals surface area (Å²) in [5.74, 6) is 0.957. The van der Waals surface area contributed by atoms with Crippen LogP contribution in [0.3, 0.4) is 0 Å². The Morgan fingerprint density at radius 3 is 2.65 bits per heavy atom. The summed E-state index contributed by atoms with van der Waals surface area (Å²) in [4.78, 5) is 15.3. The van der Waals surface area contributed by atoms with E-state index in [2.05, 4.69) is 15.4 Å². The largest absolute Gasteiger partial charge is 0.444 e. The van der Waals surface area contributed by atoms with E-state index in [1.807, 2.05) is 20.8 Å². The van der Waals surface area contributed by atoms with Crippen LogP contribution in [0.2, 0.25) is 0 Å². The predicted molar refractivity (Wildman–Crippen MR) is 63.4 cm³/mol. The molecule has 0 unspecified atom stereocenters. The number of aryl methyl sites for hydroxylation is 1. The minimum absolute atomic E-state index is 0.359. The number of anilines is 1. The topological polar surface area (TPSA) is 95.1 Å². The highest BCUT2D eigenvalue weighted by atomic mass is 16.6. The van der Waals surface area contributed by atoms with Gasteiger partial charge in [0.05, 0.1) is 0 Å². The Balaban J connectivity index is 2.31. The molecule has 0 saturated heterocycles. The van der Waals surface area contributed by atoms with Crippen LogP contribution in [0.4, 0.5) is 10.7 Å². The second-order valence-corrected chi connectivity index (χ2v) is 4.69. The average Bonchev–Trinajstić information content (AvgIpc) is 2.43. The fraction of sp³-hybridized carbons (Fsp3) is 0.700. The number of hydrogen-bond acceptors (Lipinski definition) is 5. The van der Waals surface area contributed by atoms with E-state index in [9.17, 15) is 4.79 Å². The highest BCUT2D eigenvalue weighted by molar-refractivity contribution is 5.67. The maximum Gasteiger partial charge on any atom is 0.407 e. The number of nitrogen functional groups attached to an aromatic ring is 1. The van der Waals surface area contributed by atoms with E-state index < -0.39 is 11.7 Å². The molecule has 1 aromatic heterocycles. The highest BCUT2D eigenvalue weighted by Gasteiger charge is 2.15. The van der Waals surface area contributed by atoms with Gasteiger partial charge in [0.2, 0.25) is 5.95 Å². The molecular weight excluding hydrogens is 222 g/mol. The van der Waals surface area contributed by atoms with E-state index in [0.717, 1.165) is 0 Å². The lowest BCUT2D eigenvalue weighted by molar-refractivity contribution is 0.0528. The van der Waals surface area contributed by atoms with Gasteiger partial charge in [0.25, 0.3) is 0 Å². The summed E-state index contributed by atoms with van der Waals surface area (Å²) >= 11 is 0. The SMILES string of the molecule is Cn1nc(CCNC(=O)OC(C)(C)C)nc1N. The first kappa shape index (κ1) is 13.3. The summed E-state index contributed by atoms with van der Waals surface area (Å²) in [6.07, 6.45) is 0.0750. The van der Waals surface area contributed by atoms with Crippen molar-refractivity contribution < 1.29 is 9.53 Å². The number of nitrogens with one attached hydrogen (secondary N) is 1. The molecule has 0 aromatic carbocycles. The number of nitrogens with zero attached hydrogens (tertiary/aromatic N) is 3. The molecule has 0 atom stereocenters. The van der Waals surface area contributed by atoms with Crippen molar-refractivity contribution in [3.05, 3.63) is 5.82 Å². The standard InChI is InChI=1S/C10H19N5O2/c1-10(2,3)17-9(16)12-6-5-7-13-8(11)15(4)14-7/h5-6H2,1-4H3,(H,12,16)(H2,11,13,14). The van der Waals surface area contributed by atoms with E-state index in [-0.39, 0.29) is 0 Å². The van der Waals surface area contributed by atoms with Crippen molar-refractivity contribution >= 4 is 12.0 Å². The first-order valence-corrected chi connectivity index (χ1v) is 5.40. The van der Waals surface area contributed by atoms with Crippen LogP contribution >= 0.6 is 0 Å². The Bertz CT molecular complexity index is 374. The quantitative estimate of drug-likeness (QED) is 0.801. The van der Waals surface area contributed by atoms with Crippen molar-refractivity contribution in [3.63, 3.8) is 0 Å². The lowest BCUT2D eigenvalue weighted by Gasteiger charge is -2.19. The highest BCUT2D eigenvalue weighted by Crippen LogP contribution is 2.06. The third-order valence-electron chi connectivity index (χ3n) is 1.86. The summed E-state index contributed by atoms with van der Waals surface area (Å²) in [7, 11) is 1.72. The second-order valence-electron chi connectivity index (χ2n) is 4.69. The third-order valence-corrected chi connectivity index (χ3v) is 1.86. The van der Waals surface area contributed by atoms with Gasteiger partial charge in [0, 0.05) is 20.0 Å². The van der Waals surface area contributed by atoms with Crippen molar-refractivity contribution in [2.75, 3.05) is 12.3 Å². The Kier molecular flexibility index (Phi) is 3.93. The lowest BCUT2D eigenvalue weighted by Crippen LogP contribution is -2.33. The van der Waals surface area contributed by atoms with Gasteiger partial charge < -0.3 is 15.8 Å². The zero-order valence-corrected chi connectivity index (χ0v) is 10.6. The Morgan fingerprint density at radius 2 is 2.18 bits per heavy atom. The molecule has 0 aliphatic heterocycles. The van der Waals surface area contributed by atoms with Crippen LogP contribution in [0.25, 0.3) is 0 Å². The van der Waals surface area contributed by atoms with Crippen molar-refractivity contribution in [2.45, 2.75) is 32.8 Å². The first-order valence-electron chi connectivity index (χ1n) is 5.40. The van der Waals surface area contributed by atoms with Crippen molar-refractivity contribution in [3.8, 4) is 0 Å². The molecule has 0 spiro atoms. The molecule has 0 radical (unpaired) electrons. The molecule has 0 bridgehead atoms. The smallest absolute Gasteiger partial charge is 0.407 e. The lowest BCUT2D eigenvalue weighted by atomic mass is 10.2. The molecule has 0 fully saturated rings. The van der Waals surface area contributed by atoms with E-state index in [0.29, 0.717) is 24.7 Å². The van der Waals surface area contributed by atoms with Gasteiger partial charge in [-0.3, -0.25) is 0 Å². The van der Waals surface area contributed by atoms with Crippen LogP contribution < -0.4 is 11.1 Å². The van der Waals surface area contributed by atoms with E-state index in [1.54, 1.807) is 7.05 Å². The number of hydrogen-bond donors (Lipinski definition) is 2. The molecule has 3 N–H and O–H groups in total. The fourth-order valence-corrected chi connectivity index (χ4v) is 1.15. The number of aromatic nitrogens is 3. The monoisotopic (exact) mass is 241 g/mol. The number of carbonyl (C=O) groups excluding carboxylic acids is 1. The molecule has 7 nitrogen and oxygen atoms in total. The molecule has 0 aliphatic carbocycles. The molecule has 7 heteroatoms. The van der Waals surface area contributed by atoms with Crippen LogP contribution in [0.5, 0.6) is 0 Å². The van der Waals surface area contributed by atoms with Crippen molar-refractivity contribution in [1.29, 1.82) is 0 Å². The Hall–Kier alpha value is -1.79. The molecule has 0 aliphatic rings.